The summed E-state index contributed by atoms with van der Waals surface area (Å²) in [6.45, 7) is 15.1. The molecule has 5 aliphatic rings. The number of benzene rings is 2. The molecule has 2 aromatic carbocycles. The molecule has 5 atom stereocenters. The Morgan fingerprint density at radius 1 is 0.927 bits per heavy atom. The molecule has 4 amide bonds. The van der Waals surface area contributed by atoms with Gasteiger partial charge in [0.05, 0.1) is 66.5 Å². The van der Waals surface area contributed by atoms with Gasteiger partial charge in [-0.25, -0.2) is 13.8 Å². The van der Waals surface area contributed by atoms with Gasteiger partial charge in [0.1, 0.15) is 12.4 Å². The smallest absolute Gasteiger partial charge is 0.267 e. The number of ether oxygens (including phenoxy) is 3. The molecule has 82 heavy (non-hydrogen) atoms. The molecule has 1 aliphatic carbocycles. The van der Waals surface area contributed by atoms with E-state index >= 15 is 8.78 Å². The summed E-state index contributed by atoms with van der Waals surface area (Å²) in [6, 6.07) is 10.6. The summed E-state index contributed by atoms with van der Waals surface area (Å²) in [5.41, 5.74) is 8.57. The number of amidine groups is 1. The number of halogens is 2. The predicted molar refractivity (Wildman–Crippen MR) is 310 cm³/mol. The van der Waals surface area contributed by atoms with Gasteiger partial charge in [-0.15, -0.1) is 11.3 Å². The van der Waals surface area contributed by atoms with Gasteiger partial charge in [0.2, 0.25) is 17.7 Å². The van der Waals surface area contributed by atoms with Crippen LogP contribution in [0.25, 0.3) is 21.6 Å². The van der Waals surface area contributed by atoms with Gasteiger partial charge in [-0.1, -0.05) is 52.0 Å². The molecule has 4 aromatic rings. The topological polar surface area (TPSA) is 223 Å². The standard InChI is InChI=1S/C61H78F2N10O8S/c1-36-26-46(48(27-36)59(77)66-30-39-9-11-41(12-10-39)55-38(3)67-35-82-55)54(76)56(61(4,5)6)69-51(74)16-22-80-24-25-81-23-17-65-52(75)34-72-32-43(31-68-72)45-28-42-8-7-18-73(50(42)29-47(45)57(62)63)58-49-33-71(60(78)37(2)64)19-13-44(49)53(70-58)40-14-20-79-21-15-40/h9-12,28-29,31-32,35-36,40,46,48,53,56-57,64H,7-8,13-27,30,33-34H2,1-6H3,(H,65,75)(H,66,77)(H,69,74)/t36-,46?,48-,53?,56-/m1/s1. The Bertz CT molecular complexity index is 3050. The first-order valence-electron chi connectivity index (χ1n) is 28.8. The Hall–Kier alpha value is -6.55. The minimum atomic E-state index is -2.80. The maximum atomic E-state index is 15.1. The highest BCUT2D eigenvalue weighted by Crippen LogP contribution is 2.44. The van der Waals surface area contributed by atoms with Crippen LogP contribution in [-0.4, -0.2) is 139 Å². The molecule has 440 valence electrons. The Morgan fingerprint density at radius 2 is 1.67 bits per heavy atom. The summed E-state index contributed by atoms with van der Waals surface area (Å²) in [6.07, 6.45) is 5.30. The Balaban J connectivity index is 0.706. The van der Waals surface area contributed by atoms with Gasteiger partial charge < -0.3 is 40.0 Å². The van der Waals surface area contributed by atoms with E-state index in [0.717, 1.165) is 57.9 Å². The van der Waals surface area contributed by atoms with E-state index in [4.69, 9.17) is 24.6 Å². The number of aliphatic imine (C=N–C) groups is 1. The van der Waals surface area contributed by atoms with Crippen molar-refractivity contribution in [3.8, 4) is 21.6 Å². The molecule has 4 aliphatic heterocycles. The second-order valence-corrected chi connectivity index (χ2v) is 24.4. The quantitative estimate of drug-likeness (QED) is 0.0435. The normalized spacial score (nSPS) is 20.6. The number of aryl methyl sites for hydroxylation is 2. The van der Waals surface area contributed by atoms with E-state index < -0.39 is 29.7 Å². The highest BCUT2D eigenvalue weighted by Gasteiger charge is 2.46. The first-order chi connectivity index (χ1) is 39.3. The third-order valence-corrected chi connectivity index (χ3v) is 17.5. The number of nitrogens with one attached hydrogen (secondary N) is 4. The summed E-state index contributed by atoms with van der Waals surface area (Å²) < 4.78 is 48.6. The summed E-state index contributed by atoms with van der Waals surface area (Å²) in [5, 5.41) is 21.2. The maximum absolute atomic E-state index is 15.1. The highest BCUT2D eigenvalue weighted by atomic mass is 32.1. The zero-order valence-corrected chi connectivity index (χ0v) is 48.8. The average Bonchev–Trinajstić information content (AvgIpc) is 4.43. The fraction of sp³-hybridized carbons (Fsp3) is 0.557. The number of hydrogen-bond acceptors (Lipinski definition) is 14. The summed E-state index contributed by atoms with van der Waals surface area (Å²) in [4.78, 5) is 81.6. The molecular weight excluding hydrogens is 1070 g/mol. The van der Waals surface area contributed by atoms with Crippen LogP contribution in [0.4, 0.5) is 14.5 Å². The van der Waals surface area contributed by atoms with Crippen molar-refractivity contribution < 1.29 is 47.0 Å². The lowest BCUT2D eigenvalue weighted by Crippen LogP contribution is -2.52. The molecule has 9 rings (SSSR count). The van der Waals surface area contributed by atoms with Crippen molar-refractivity contribution in [1.82, 2.24) is 35.6 Å². The van der Waals surface area contributed by atoms with E-state index in [0.29, 0.717) is 81.9 Å². The molecule has 0 radical (unpaired) electrons. The molecule has 18 nitrogen and oxygen atoms in total. The maximum Gasteiger partial charge on any atom is 0.267 e. The number of hydrogen-bond donors (Lipinski definition) is 4. The van der Waals surface area contributed by atoms with Crippen LogP contribution in [-0.2, 0) is 57.7 Å². The Morgan fingerprint density at radius 3 is 2.38 bits per heavy atom. The molecule has 1 saturated heterocycles. The molecule has 21 heteroatoms. The molecule has 0 bridgehead atoms. The number of alkyl halides is 2. The number of nitrogens with zero attached hydrogens (tertiary/aromatic N) is 6. The lowest BCUT2D eigenvalue weighted by Gasteiger charge is -2.36. The van der Waals surface area contributed by atoms with Gasteiger partial charge in [-0.3, -0.25) is 39.1 Å². The summed E-state index contributed by atoms with van der Waals surface area (Å²) >= 11 is 1.59. The lowest BCUT2D eigenvalue weighted by molar-refractivity contribution is -0.137. The SMILES string of the molecule is CC(=N)C(=O)N1CCC2=C(C1)C(N1CCCc3cc(-c4cnn(CC(=O)NCCOCCOCCC(=O)N[C@H](C(=O)C5C[C@@H](C)C[C@H]5C(=O)NCc5ccc(-c6scnc6C)cc5)C(C)(C)C)c4)c(C(F)F)cc31)=NC2C1CCOCC1. The van der Waals surface area contributed by atoms with Crippen LogP contribution in [0.1, 0.15) is 108 Å². The fourth-order valence-corrected chi connectivity index (χ4v) is 13.1. The van der Waals surface area contributed by atoms with Crippen LogP contribution < -0.4 is 20.9 Å². The largest absolute Gasteiger partial charge is 0.381 e. The number of fused-ring (bicyclic) bond motifs is 1. The third-order valence-electron chi connectivity index (χ3n) is 16.5. The van der Waals surface area contributed by atoms with E-state index in [1.54, 1.807) is 28.5 Å². The van der Waals surface area contributed by atoms with Crippen molar-refractivity contribution in [2.75, 3.05) is 70.7 Å². The second kappa shape index (κ2) is 26.8. The van der Waals surface area contributed by atoms with Gasteiger partial charge in [-0.05, 0) is 116 Å². The zero-order chi connectivity index (χ0) is 58.2. The van der Waals surface area contributed by atoms with Gasteiger partial charge in [0.15, 0.2) is 5.78 Å². The molecule has 2 unspecified atom stereocenters. The number of carbonyl (C=O) groups is 5. The minimum Gasteiger partial charge on any atom is -0.381 e. The van der Waals surface area contributed by atoms with Crippen molar-refractivity contribution in [2.24, 2.45) is 34.1 Å². The van der Waals surface area contributed by atoms with Crippen molar-refractivity contribution in [2.45, 2.75) is 125 Å². The van der Waals surface area contributed by atoms with E-state index in [2.05, 4.69) is 37.9 Å². The van der Waals surface area contributed by atoms with Gasteiger partial charge in [0.25, 0.3) is 12.3 Å². The van der Waals surface area contributed by atoms with Crippen LogP contribution in [0.2, 0.25) is 0 Å². The molecule has 2 fully saturated rings. The van der Waals surface area contributed by atoms with Crippen LogP contribution in [0.5, 0.6) is 0 Å². The van der Waals surface area contributed by atoms with Crippen LogP contribution in [0.15, 0.2) is 70.4 Å². The highest BCUT2D eigenvalue weighted by molar-refractivity contribution is 7.13. The van der Waals surface area contributed by atoms with Gasteiger partial charge in [-0.2, -0.15) is 5.10 Å². The molecule has 4 N–H and O–H groups in total. The zero-order valence-electron chi connectivity index (χ0n) is 48.0. The number of aromatic nitrogens is 3. The molecule has 2 aromatic heterocycles. The van der Waals surface area contributed by atoms with E-state index in [1.165, 1.54) is 23.4 Å². The number of carbonyl (C=O) groups excluding carboxylic acids is 5. The molecule has 1 saturated carbocycles. The fourth-order valence-electron chi connectivity index (χ4n) is 12.2. The monoisotopic (exact) mass is 1150 g/mol. The molecular formula is C61H78F2N10O8S. The van der Waals surface area contributed by atoms with Crippen LogP contribution in [0, 0.1) is 41.4 Å². The number of Topliss-reactive ketones (excluding diaryl/α,β-unsaturated/α-hetero) is 1. The average molecular weight is 1150 g/mol. The van der Waals surface area contributed by atoms with Crippen molar-refractivity contribution in [3.63, 3.8) is 0 Å². The second-order valence-electron chi connectivity index (χ2n) is 23.6. The number of anilines is 1. The van der Waals surface area contributed by atoms with E-state index in [9.17, 15) is 24.0 Å². The number of rotatable bonds is 22. The lowest BCUT2D eigenvalue weighted by atomic mass is 9.77. The molecule has 6 heterocycles. The first-order valence-corrected chi connectivity index (χ1v) is 29.7. The third kappa shape index (κ3) is 14.3. The Labute approximate surface area is 482 Å². The van der Waals surface area contributed by atoms with Crippen LogP contribution in [0.3, 0.4) is 0 Å². The van der Waals surface area contributed by atoms with Gasteiger partial charge in [0, 0.05) is 92.8 Å². The van der Waals surface area contributed by atoms with E-state index in [-0.39, 0.29) is 105 Å². The van der Waals surface area contributed by atoms with Crippen molar-refractivity contribution in [1.29, 1.82) is 5.41 Å². The van der Waals surface area contributed by atoms with Crippen molar-refractivity contribution >= 4 is 58.0 Å². The summed E-state index contributed by atoms with van der Waals surface area (Å²) in [7, 11) is 0. The number of thiazole rings is 1. The van der Waals surface area contributed by atoms with Crippen LogP contribution >= 0.6 is 11.3 Å². The summed E-state index contributed by atoms with van der Waals surface area (Å²) in [5.74, 6) is -1.12. The van der Waals surface area contributed by atoms with Crippen molar-refractivity contribution in [3.05, 3.63) is 87.8 Å². The Kier molecular flexibility index (Phi) is 19.6. The van der Waals surface area contributed by atoms with E-state index in [1.807, 2.05) is 63.5 Å². The first kappa shape index (κ1) is 60.1. The number of ketones is 1. The predicted octanol–water partition coefficient (Wildman–Crippen LogP) is 8.07. The van der Waals surface area contributed by atoms with Gasteiger partial charge >= 0.3 is 0 Å². The number of amides is 4. The minimum absolute atomic E-state index is 0.0245. The molecule has 0 spiro atoms.